The van der Waals surface area contributed by atoms with Crippen LogP contribution in [-0.4, -0.2) is 33.4 Å². The molecule has 1 aliphatic carbocycles. The number of hydrogen-bond acceptors (Lipinski definition) is 4. The highest BCUT2D eigenvalue weighted by Gasteiger charge is 2.58. The number of hydrogen-bond donors (Lipinski definition) is 1. The number of rotatable bonds is 3. The molecule has 0 bridgehead atoms. The third kappa shape index (κ3) is 2.46. The first-order valence-electron chi connectivity index (χ1n) is 7.49. The van der Waals surface area contributed by atoms with Crippen molar-refractivity contribution in [2.75, 3.05) is 18.2 Å². The van der Waals surface area contributed by atoms with Gasteiger partial charge < -0.3 is 10.1 Å². The van der Waals surface area contributed by atoms with Crippen LogP contribution in [0.4, 0.5) is 5.69 Å². The van der Waals surface area contributed by atoms with Crippen molar-refractivity contribution in [3.05, 3.63) is 24.3 Å². The summed E-state index contributed by atoms with van der Waals surface area (Å²) in [6.07, 6.45) is 3.77. The predicted molar refractivity (Wildman–Crippen MR) is 83.2 cm³/mol. The van der Waals surface area contributed by atoms with Crippen molar-refractivity contribution in [3.8, 4) is 0 Å². The van der Waals surface area contributed by atoms with Crippen LogP contribution in [0.1, 0.15) is 26.7 Å². The molecule has 0 aromatic heterocycles. The summed E-state index contributed by atoms with van der Waals surface area (Å²) < 4.78 is 29.7. The molecule has 1 saturated heterocycles. The van der Waals surface area contributed by atoms with Gasteiger partial charge in [-0.3, -0.25) is 0 Å². The number of anilines is 1. The molecule has 1 aliphatic heterocycles. The summed E-state index contributed by atoms with van der Waals surface area (Å²) in [7, 11) is -3.22. The average molecular weight is 309 g/mol. The predicted octanol–water partition coefficient (Wildman–Crippen LogP) is 2.71. The van der Waals surface area contributed by atoms with Gasteiger partial charge in [0.2, 0.25) is 0 Å². The van der Waals surface area contributed by atoms with Crippen LogP contribution in [0.25, 0.3) is 0 Å². The van der Waals surface area contributed by atoms with Crippen molar-refractivity contribution < 1.29 is 13.2 Å². The third-order valence-electron chi connectivity index (χ3n) is 4.93. The highest BCUT2D eigenvalue weighted by Crippen LogP contribution is 2.52. The van der Waals surface area contributed by atoms with Crippen molar-refractivity contribution >= 4 is 15.5 Å². The molecule has 2 aliphatic rings. The van der Waals surface area contributed by atoms with Crippen LogP contribution >= 0.6 is 0 Å². The Hall–Kier alpha value is -1.07. The van der Waals surface area contributed by atoms with E-state index >= 15 is 0 Å². The van der Waals surface area contributed by atoms with Crippen LogP contribution in [-0.2, 0) is 14.6 Å². The van der Waals surface area contributed by atoms with E-state index in [9.17, 15) is 8.42 Å². The van der Waals surface area contributed by atoms with Crippen molar-refractivity contribution in [1.29, 1.82) is 0 Å². The summed E-state index contributed by atoms with van der Waals surface area (Å²) in [6.45, 7) is 5.23. The number of para-hydroxylation sites is 1. The zero-order chi connectivity index (χ0) is 15.3. The minimum atomic E-state index is -3.22. The largest absolute Gasteiger partial charge is 0.380 e. The summed E-state index contributed by atoms with van der Waals surface area (Å²) in [4.78, 5) is 0.376. The Morgan fingerprint density at radius 3 is 2.71 bits per heavy atom. The van der Waals surface area contributed by atoms with Gasteiger partial charge in [-0.25, -0.2) is 8.42 Å². The number of benzene rings is 1. The lowest BCUT2D eigenvalue weighted by molar-refractivity contribution is -0.177. The lowest BCUT2D eigenvalue weighted by atomic mass is 9.55. The van der Waals surface area contributed by atoms with Crippen molar-refractivity contribution in [3.63, 3.8) is 0 Å². The molecular weight excluding hydrogens is 286 g/mol. The molecule has 1 heterocycles. The van der Waals surface area contributed by atoms with Crippen LogP contribution in [0, 0.1) is 11.3 Å². The second-order valence-electron chi connectivity index (χ2n) is 6.81. The van der Waals surface area contributed by atoms with E-state index in [4.69, 9.17) is 4.74 Å². The zero-order valence-corrected chi connectivity index (χ0v) is 13.6. The van der Waals surface area contributed by atoms with E-state index in [1.807, 2.05) is 12.1 Å². The van der Waals surface area contributed by atoms with Crippen molar-refractivity contribution in [1.82, 2.24) is 0 Å². The second kappa shape index (κ2) is 4.99. The van der Waals surface area contributed by atoms with Crippen LogP contribution < -0.4 is 5.32 Å². The van der Waals surface area contributed by atoms with Gasteiger partial charge >= 0.3 is 0 Å². The molecule has 3 unspecified atom stereocenters. The van der Waals surface area contributed by atoms with Crippen LogP contribution in [0.15, 0.2) is 29.2 Å². The second-order valence-corrected chi connectivity index (χ2v) is 8.79. The smallest absolute Gasteiger partial charge is 0.177 e. The highest BCUT2D eigenvalue weighted by atomic mass is 32.2. The molecular formula is C16H23NO3S. The van der Waals surface area contributed by atoms with E-state index in [0.29, 0.717) is 16.5 Å². The molecule has 116 valence electrons. The van der Waals surface area contributed by atoms with Gasteiger partial charge in [-0.05, 0) is 25.0 Å². The van der Waals surface area contributed by atoms with E-state index < -0.39 is 9.84 Å². The molecule has 3 rings (SSSR count). The average Bonchev–Trinajstić information content (AvgIpc) is 2.44. The zero-order valence-electron chi connectivity index (χ0n) is 12.8. The molecule has 1 aromatic carbocycles. The number of ether oxygens (including phenoxy) is 1. The standard InChI is InChI=1S/C16H23NO3S/c1-16(2)14(11-7-6-10-20-15(11)16)17-12-8-4-5-9-13(12)21(3,18)19/h4-5,8-9,11,14-15,17H,6-7,10H2,1-3H3. The molecule has 0 amide bonds. The number of fused-ring (bicyclic) bond motifs is 1. The fourth-order valence-corrected chi connectivity index (χ4v) is 4.74. The van der Waals surface area contributed by atoms with Gasteiger partial charge in [0.25, 0.3) is 0 Å². The lowest BCUT2D eigenvalue weighted by Crippen LogP contribution is -2.67. The molecule has 0 radical (unpaired) electrons. The Morgan fingerprint density at radius 2 is 2.00 bits per heavy atom. The monoisotopic (exact) mass is 309 g/mol. The maximum Gasteiger partial charge on any atom is 0.177 e. The van der Waals surface area contributed by atoms with E-state index in [1.165, 1.54) is 6.26 Å². The number of sulfone groups is 1. The Bertz CT molecular complexity index is 639. The first-order valence-corrected chi connectivity index (χ1v) is 9.38. The van der Waals surface area contributed by atoms with Gasteiger partial charge in [-0.15, -0.1) is 0 Å². The van der Waals surface area contributed by atoms with E-state index in [2.05, 4.69) is 19.2 Å². The summed E-state index contributed by atoms with van der Waals surface area (Å²) >= 11 is 0. The van der Waals surface area contributed by atoms with Crippen LogP contribution in [0.2, 0.25) is 0 Å². The van der Waals surface area contributed by atoms with Gasteiger partial charge in [-0.1, -0.05) is 26.0 Å². The third-order valence-corrected chi connectivity index (χ3v) is 6.08. The highest BCUT2D eigenvalue weighted by molar-refractivity contribution is 7.90. The Kier molecular flexibility index (Phi) is 3.53. The van der Waals surface area contributed by atoms with E-state index in [0.717, 1.165) is 19.4 Å². The van der Waals surface area contributed by atoms with Crippen LogP contribution in [0.5, 0.6) is 0 Å². The lowest BCUT2D eigenvalue weighted by Gasteiger charge is -2.60. The van der Waals surface area contributed by atoms with Gasteiger partial charge in [-0.2, -0.15) is 0 Å². The van der Waals surface area contributed by atoms with Gasteiger partial charge in [0.05, 0.1) is 16.7 Å². The first-order chi connectivity index (χ1) is 9.82. The summed E-state index contributed by atoms with van der Waals surface area (Å²) in [5.41, 5.74) is 0.734. The Morgan fingerprint density at radius 1 is 1.29 bits per heavy atom. The van der Waals surface area contributed by atoms with Crippen LogP contribution in [0.3, 0.4) is 0 Å². The molecule has 1 aromatic rings. The van der Waals surface area contributed by atoms with Crippen molar-refractivity contribution in [2.24, 2.45) is 11.3 Å². The normalized spacial score (nSPS) is 31.1. The first kappa shape index (κ1) is 14.9. The van der Waals surface area contributed by atoms with E-state index in [1.54, 1.807) is 12.1 Å². The number of nitrogens with one attached hydrogen (secondary N) is 1. The topological polar surface area (TPSA) is 55.4 Å². The van der Waals surface area contributed by atoms with Crippen molar-refractivity contribution in [2.45, 2.75) is 43.7 Å². The molecule has 1 N–H and O–H groups in total. The molecule has 21 heavy (non-hydrogen) atoms. The molecule has 0 spiro atoms. The maximum atomic E-state index is 11.9. The fourth-order valence-electron chi connectivity index (χ4n) is 3.89. The quantitative estimate of drug-likeness (QED) is 0.933. The molecule has 4 nitrogen and oxygen atoms in total. The maximum absolute atomic E-state index is 11.9. The summed E-state index contributed by atoms with van der Waals surface area (Å²) in [5, 5.41) is 3.48. The SMILES string of the molecule is CC1(C)C(Nc2ccccc2S(C)(=O)=O)C2CCCOC21. The van der Waals surface area contributed by atoms with E-state index in [-0.39, 0.29) is 17.6 Å². The Labute approximate surface area is 126 Å². The minimum Gasteiger partial charge on any atom is -0.380 e. The molecule has 3 atom stereocenters. The van der Waals surface area contributed by atoms with Gasteiger partial charge in [0, 0.05) is 30.2 Å². The van der Waals surface area contributed by atoms with Gasteiger partial charge in [0.15, 0.2) is 9.84 Å². The Balaban J connectivity index is 1.88. The molecule has 2 fully saturated rings. The minimum absolute atomic E-state index is 0.0235. The van der Waals surface area contributed by atoms with Gasteiger partial charge in [0.1, 0.15) is 0 Å². The molecule has 5 heteroatoms. The fraction of sp³-hybridized carbons (Fsp3) is 0.625. The summed E-state index contributed by atoms with van der Waals surface area (Å²) in [5.74, 6) is 0.473. The molecule has 1 saturated carbocycles. The summed E-state index contributed by atoms with van der Waals surface area (Å²) in [6, 6.07) is 7.41.